The Hall–Kier alpha value is -1.03. The molecule has 1 aromatic carbocycles. The molecule has 0 heterocycles. The van der Waals surface area contributed by atoms with Gasteiger partial charge in [-0.2, -0.15) is 0 Å². The van der Waals surface area contributed by atoms with Crippen molar-refractivity contribution in [2.24, 2.45) is 0 Å². The molecular weight excluding hydrogens is 246 g/mol. The molecule has 0 saturated heterocycles. The molecule has 0 aliphatic rings. The van der Waals surface area contributed by atoms with Crippen LogP contribution in [0.2, 0.25) is 0 Å². The quantitative estimate of drug-likeness (QED) is 0.910. The van der Waals surface area contributed by atoms with Gasteiger partial charge in [0.05, 0.1) is 10.4 Å². The molecule has 0 unspecified atom stereocenters. The summed E-state index contributed by atoms with van der Waals surface area (Å²) in [4.78, 5) is 0. The first-order chi connectivity index (χ1) is 8.04. The topological polar surface area (TPSA) is 46.2 Å². The number of aryl methyl sites for hydroxylation is 1. The molecule has 0 spiro atoms. The average molecular weight is 269 g/mol. The van der Waals surface area contributed by atoms with E-state index in [1.54, 1.807) is 20.8 Å². The molecule has 1 rings (SSSR count). The maximum atomic E-state index is 12.1. The van der Waals surface area contributed by atoms with Crippen molar-refractivity contribution in [3.8, 4) is 0 Å². The second-order valence-electron chi connectivity index (χ2n) is 5.95. The van der Waals surface area contributed by atoms with Crippen molar-refractivity contribution in [2.75, 3.05) is 4.72 Å². The maximum Gasteiger partial charge on any atom is 0.237 e. The number of sulfonamides is 1. The van der Waals surface area contributed by atoms with Gasteiger partial charge in [0.15, 0.2) is 0 Å². The number of nitrogens with one attached hydrogen (secondary N) is 1. The molecular formula is C14H23NO2S. The van der Waals surface area contributed by atoms with Crippen LogP contribution in [0.4, 0.5) is 5.69 Å². The van der Waals surface area contributed by atoms with Gasteiger partial charge in [0.25, 0.3) is 0 Å². The van der Waals surface area contributed by atoms with Gasteiger partial charge in [-0.3, -0.25) is 4.72 Å². The fourth-order valence-electron chi connectivity index (χ4n) is 1.46. The molecule has 0 atom stereocenters. The molecule has 102 valence electrons. The van der Waals surface area contributed by atoms with Crippen molar-refractivity contribution >= 4 is 15.7 Å². The highest BCUT2D eigenvalue weighted by atomic mass is 32.2. The summed E-state index contributed by atoms with van der Waals surface area (Å²) in [6, 6.07) is 5.84. The van der Waals surface area contributed by atoms with Crippen molar-refractivity contribution < 1.29 is 8.42 Å². The Morgan fingerprint density at radius 1 is 1.17 bits per heavy atom. The van der Waals surface area contributed by atoms with E-state index in [0.717, 1.165) is 5.56 Å². The van der Waals surface area contributed by atoms with Gasteiger partial charge in [-0.15, -0.1) is 0 Å². The van der Waals surface area contributed by atoms with Crippen molar-refractivity contribution in [2.45, 2.75) is 52.2 Å². The van der Waals surface area contributed by atoms with Crippen molar-refractivity contribution in [1.82, 2.24) is 0 Å². The molecule has 4 heteroatoms. The van der Waals surface area contributed by atoms with Crippen LogP contribution in [-0.2, 0) is 10.0 Å². The molecule has 0 aromatic heterocycles. The molecule has 0 radical (unpaired) electrons. The normalized spacial score (nSPS) is 12.8. The molecule has 1 N–H and O–H groups in total. The summed E-state index contributed by atoms with van der Waals surface area (Å²) in [7, 11) is -3.36. The third kappa shape index (κ3) is 3.25. The molecule has 0 fully saturated rings. The van der Waals surface area contributed by atoms with E-state index in [1.165, 1.54) is 5.56 Å². The summed E-state index contributed by atoms with van der Waals surface area (Å²) in [6.45, 7) is 11.2. The van der Waals surface area contributed by atoms with E-state index in [2.05, 4.69) is 18.6 Å². The Morgan fingerprint density at radius 2 is 1.72 bits per heavy atom. The largest absolute Gasteiger partial charge is 0.283 e. The monoisotopic (exact) mass is 269 g/mol. The minimum atomic E-state index is -3.36. The van der Waals surface area contributed by atoms with Crippen LogP contribution in [0.5, 0.6) is 0 Å². The van der Waals surface area contributed by atoms with Crippen molar-refractivity contribution in [3.63, 3.8) is 0 Å². The number of benzene rings is 1. The van der Waals surface area contributed by atoms with Gasteiger partial charge in [-0.1, -0.05) is 26.0 Å². The van der Waals surface area contributed by atoms with Crippen LogP contribution in [0.25, 0.3) is 0 Å². The fourth-order valence-corrected chi connectivity index (χ4v) is 2.28. The van der Waals surface area contributed by atoms with Crippen molar-refractivity contribution in [3.05, 3.63) is 29.3 Å². The number of rotatable bonds is 3. The van der Waals surface area contributed by atoms with Crippen LogP contribution in [0.1, 0.15) is 51.7 Å². The Balaban J connectivity index is 3.08. The van der Waals surface area contributed by atoms with Crippen LogP contribution >= 0.6 is 0 Å². The molecule has 3 nitrogen and oxygen atoms in total. The van der Waals surface area contributed by atoms with Crippen LogP contribution in [0.15, 0.2) is 18.2 Å². The number of hydrogen-bond donors (Lipinski definition) is 1. The summed E-state index contributed by atoms with van der Waals surface area (Å²) in [6.07, 6.45) is 0. The van der Waals surface area contributed by atoms with Gasteiger partial charge in [0, 0.05) is 0 Å². The Labute approximate surface area is 111 Å². The van der Waals surface area contributed by atoms with Gasteiger partial charge in [0.2, 0.25) is 10.0 Å². The smallest absolute Gasteiger partial charge is 0.237 e. The molecule has 0 aliphatic carbocycles. The lowest BCUT2D eigenvalue weighted by Crippen LogP contribution is -2.33. The molecule has 0 aliphatic heterocycles. The maximum absolute atomic E-state index is 12.1. The van der Waals surface area contributed by atoms with Gasteiger partial charge >= 0.3 is 0 Å². The van der Waals surface area contributed by atoms with Crippen LogP contribution in [-0.4, -0.2) is 13.2 Å². The SMILES string of the molecule is Cc1cc(C(C)C)ccc1NS(=O)(=O)C(C)(C)C. The van der Waals surface area contributed by atoms with E-state index < -0.39 is 14.8 Å². The van der Waals surface area contributed by atoms with E-state index in [4.69, 9.17) is 0 Å². The summed E-state index contributed by atoms with van der Waals surface area (Å²) in [5.74, 6) is 0.442. The van der Waals surface area contributed by atoms with Crippen LogP contribution in [0.3, 0.4) is 0 Å². The number of hydrogen-bond acceptors (Lipinski definition) is 2. The minimum Gasteiger partial charge on any atom is -0.283 e. The van der Waals surface area contributed by atoms with E-state index in [-0.39, 0.29) is 0 Å². The van der Waals surface area contributed by atoms with Crippen LogP contribution in [0, 0.1) is 6.92 Å². The van der Waals surface area contributed by atoms with Crippen LogP contribution < -0.4 is 4.72 Å². The lowest BCUT2D eigenvalue weighted by atomic mass is 10.0. The first kappa shape index (κ1) is 15.0. The molecule has 0 saturated carbocycles. The highest BCUT2D eigenvalue weighted by Gasteiger charge is 2.29. The zero-order valence-electron chi connectivity index (χ0n) is 12.0. The summed E-state index contributed by atoms with van der Waals surface area (Å²) < 4.78 is 26.0. The van der Waals surface area contributed by atoms with E-state index in [0.29, 0.717) is 11.6 Å². The first-order valence-corrected chi connectivity index (χ1v) is 7.66. The van der Waals surface area contributed by atoms with E-state index in [1.807, 2.05) is 25.1 Å². The third-order valence-corrected chi connectivity index (χ3v) is 5.07. The average Bonchev–Trinajstić information content (AvgIpc) is 2.18. The van der Waals surface area contributed by atoms with Crippen molar-refractivity contribution in [1.29, 1.82) is 0 Å². The summed E-state index contributed by atoms with van der Waals surface area (Å²) >= 11 is 0. The summed E-state index contributed by atoms with van der Waals surface area (Å²) in [5.41, 5.74) is 2.83. The third-order valence-electron chi connectivity index (χ3n) is 2.97. The first-order valence-electron chi connectivity index (χ1n) is 6.17. The molecule has 0 amide bonds. The van der Waals surface area contributed by atoms with E-state index >= 15 is 0 Å². The predicted octanol–water partition coefficient (Wildman–Crippen LogP) is 3.66. The summed E-state index contributed by atoms with van der Waals surface area (Å²) in [5, 5.41) is 0. The lowest BCUT2D eigenvalue weighted by molar-refractivity contribution is 0.566. The Bertz CT molecular complexity index is 525. The second kappa shape index (κ2) is 4.92. The minimum absolute atomic E-state index is 0.442. The predicted molar refractivity (Wildman–Crippen MR) is 77.6 cm³/mol. The lowest BCUT2D eigenvalue weighted by Gasteiger charge is -2.21. The second-order valence-corrected chi connectivity index (χ2v) is 8.38. The molecule has 0 bridgehead atoms. The van der Waals surface area contributed by atoms with Gasteiger partial charge < -0.3 is 0 Å². The van der Waals surface area contributed by atoms with Gasteiger partial charge in [-0.05, 0) is 50.8 Å². The van der Waals surface area contributed by atoms with E-state index in [9.17, 15) is 8.42 Å². The highest BCUT2D eigenvalue weighted by molar-refractivity contribution is 7.94. The van der Waals surface area contributed by atoms with Gasteiger partial charge in [0.1, 0.15) is 0 Å². The fraction of sp³-hybridized carbons (Fsp3) is 0.571. The zero-order chi connectivity index (χ0) is 14.1. The highest BCUT2D eigenvalue weighted by Crippen LogP contribution is 2.25. The molecule has 1 aromatic rings. The zero-order valence-corrected chi connectivity index (χ0v) is 12.9. The number of anilines is 1. The molecule has 18 heavy (non-hydrogen) atoms. The Kier molecular flexibility index (Phi) is 4.11. The van der Waals surface area contributed by atoms with Gasteiger partial charge in [-0.25, -0.2) is 8.42 Å². The Morgan fingerprint density at radius 3 is 2.11 bits per heavy atom. The standard InChI is InChI=1S/C14H23NO2S/c1-10(2)12-7-8-13(11(3)9-12)15-18(16,17)14(4,5)6/h7-10,15H,1-6H3.